The van der Waals surface area contributed by atoms with Crippen molar-refractivity contribution in [3.63, 3.8) is 0 Å². The van der Waals surface area contributed by atoms with E-state index in [1.165, 1.54) is 4.90 Å². The summed E-state index contributed by atoms with van der Waals surface area (Å²) >= 11 is 0. The molecule has 1 aromatic carbocycles. The second kappa shape index (κ2) is 8.13. The second-order valence-corrected chi connectivity index (χ2v) is 7.41. The number of hydrogen-bond donors (Lipinski definition) is 1. The van der Waals surface area contributed by atoms with Crippen LogP contribution in [0.5, 0.6) is 5.75 Å². The van der Waals surface area contributed by atoms with Gasteiger partial charge in [-0.3, -0.25) is 9.69 Å². The van der Waals surface area contributed by atoms with Gasteiger partial charge in [-0.05, 0) is 30.9 Å². The van der Waals surface area contributed by atoms with Crippen LogP contribution in [0.25, 0.3) is 0 Å². The number of imide groups is 1. The van der Waals surface area contributed by atoms with Crippen molar-refractivity contribution in [3.8, 4) is 5.75 Å². The lowest BCUT2D eigenvalue weighted by molar-refractivity contribution is -0.135. The molecule has 0 aromatic heterocycles. The Hall–Kier alpha value is -2.34. The van der Waals surface area contributed by atoms with Crippen molar-refractivity contribution in [2.24, 2.45) is 0 Å². The lowest BCUT2D eigenvalue weighted by atomic mass is 9.81. The van der Waals surface area contributed by atoms with Crippen LogP contribution in [0.2, 0.25) is 0 Å². The van der Waals surface area contributed by atoms with Crippen LogP contribution in [0.15, 0.2) is 36.9 Å². The minimum absolute atomic E-state index is 0.0158. The molecular weight excluding hydrogens is 344 g/mol. The normalized spacial score (nSPS) is 20.2. The molecule has 0 unspecified atom stereocenters. The molecule has 1 heterocycles. The largest absolute Gasteiger partial charge is 0.491 e. The number of amides is 3. The zero-order chi connectivity index (χ0) is 19.4. The summed E-state index contributed by atoms with van der Waals surface area (Å²) in [6.45, 7) is 3.70. The number of aliphatic hydroxyl groups is 1. The van der Waals surface area contributed by atoms with Crippen LogP contribution in [0.4, 0.5) is 4.79 Å². The number of nitrogens with zero attached hydrogens (tertiary/aromatic N) is 2. The molecule has 27 heavy (non-hydrogen) atoms. The van der Waals surface area contributed by atoms with E-state index in [0.717, 1.165) is 24.8 Å². The Morgan fingerprint density at radius 1 is 1.26 bits per heavy atom. The van der Waals surface area contributed by atoms with E-state index in [9.17, 15) is 14.7 Å². The molecule has 3 rings (SSSR count). The number of likely N-dealkylation sites (N-methyl/N-ethyl adjacent to an activating group) is 1. The lowest BCUT2D eigenvalue weighted by Crippen LogP contribution is -2.49. The third kappa shape index (κ3) is 3.72. The Morgan fingerprint density at radius 2 is 1.96 bits per heavy atom. The SMILES string of the molecule is C=CCc1ccccc1OC[C@H](O)CN1C(=O)N(C)C2(CCCCC2)C1=O. The highest BCUT2D eigenvalue weighted by Crippen LogP contribution is 2.39. The van der Waals surface area contributed by atoms with E-state index in [4.69, 9.17) is 4.74 Å². The van der Waals surface area contributed by atoms with Gasteiger partial charge in [-0.2, -0.15) is 0 Å². The number of ether oxygens (including phenoxy) is 1. The molecule has 1 saturated heterocycles. The maximum Gasteiger partial charge on any atom is 0.327 e. The number of benzene rings is 1. The van der Waals surface area contributed by atoms with Crippen molar-refractivity contribution in [2.45, 2.75) is 50.2 Å². The average Bonchev–Trinajstić information content (AvgIpc) is 2.84. The van der Waals surface area contributed by atoms with Crippen LogP contribution < -0.4 is 4.74 Å². The third-order valence-electron chi connectivity index (χ3n) is 5.65. The number of para-hydroxylation sites is 1. The van der Waals surface area contributed by atoms with Crippen molar-refractivity contribution < 1.29 is 19.4 Å². The van der Waals surface area contributed by atoms with Gasteiger partial charge in [0.25, 0.3) is 5.91 Å². The molecule has 6 heteroatoms. The third-order valence-corrected chi connectivity index (χ3v) is 5.65. The number of urea groups is 1. The first kappa shape index (κ1) is 19.4. The van der Waals surface area contributed by atoms with Crippen molar-refractivity contribution in [1.82, 2.24) is 9.80 Å². The van der Waals surface area contributed by atoms with Crippen LogP contribution in [0, 0.1) is 0 Å². The van der Waals surface area contributed by atoms with Crippen molar-refractivity contribution in [1.29, 1.82) is 0 Å². The van der Waals surface area contributed by atoms with E-state index in [1.54, 1.807) is 18.0 Å². The molecule has 0 bridgehead atoms. The molecule has 1 spiro atoms. The standard InChI is InChI=1S/C21H28N2O4/c1-3-9-16-10-5-6-11-18(16)27-15-17(24)14-23-19(25)21(22(2)20(23)26)12-7-4-8-13-21/h3,5-6,10-11,17,24H,1,4,7-9,12-15H2,2H3/t17-/m1/s1. The van der Waals surface area contributed by atoms with Crippen LogP contribution in [0.1, 0.15) is 37.7 Å². The smallest absolute Gasteiger partial charge is 0.327 e. The zero-order valence-corrected chi connectivity index (χ0v) is 15.9. The van der Waals surface area contributed by atoms with E-state index in [1.807, 2.05) is 24.3 Å². The molecule has 1 aliphatic heterocycles. The van der Waals surface area contributed by atoms with Gasteiger partial charge in [0.15, 0.2) is 0 Å². The second-order valence-electron chi connectivity index (χ2n) is 7.41. The van der Waals surface area contributed by atoms with Gasteiger partial charge in [-0.25, -0.2) is 4.79 Å². The highest BCUT2D eigenvalue weighted by atomic mass is 16.5. The number of β-amino-alcohol motifs (C(OH)–C–C–N with tert-alkyl or cyclic N) is 1. The fourth-order valence-corrected chi connectivity index (χ4v) is 4.11. The summed E-state index contributed by atoms with van der Waals surface area (Å²) in [5.74, 6) is 0.497. The monoisotopic (exact) mass is 372 g/mol. The number of hydrogen-bond acceptors (Lipinski definition) is 4. The van der Waals surface area contributed by atoms with Crippen LogP contribution in [-0.4, -0.2) is 58.7 Å². The molecule has 1 saturated carbocycles. The maximum absolute atomic E-state index is 13.0. The van der Waals surface area contributed by atoms with Gasteiger partial charge in [-0.15, -0.1) is 6.58 Å². The van der Waals surface area contributed by atoms with Gasteiger partial charge >= 0.3 is 6.03 Å². The number of allylic oxidation sites excluding steroid dienone is 1. The van der Waals surface area contributed by atoms with Gasteiger partial charge in [0.1, 0.15) is 24.0 Å². The van der Waals surface area contributed by atoms with E-state index < -0.39 is 11.6 Å². The predicted molar refractivity (Wildman–Crippen MR) is 103 cm³/mol. The molecule has 0 radical (unpaired) electrons. The molecule has 1 atom stereocenters. The van der Waals surface area contributed by atoms with Crippen molar-refractivity contribution in [3.05, 3.63) is 42.5 Å². The van der Waals surface area contributed by atoms with E-state index in [2.05, 4.69) is 6.58 Å². The topological polar surface area (TPSA) is 70.1 Å². The molecule has 3 amide bonds. The summed E-state index contributed by atoms with van der Waals surface area (Å²) in [5, 5.41) is 10.4. The molecule has 2 fully saturated rings. The number of aliphatic hydroxyl groups excluding tert-OH is 1. The molecule has 1 aromatic rings. The van der Waals surface area contributed by atoms with Gasteiger partial charge < -0.3 is 14.7 Å². The Bertz CT molecular complexity index is 712. The maximum atomic E-state index is 13.0. The molecule has 1 aliphatic carbocycles. The minimum Gasteiger partial charge on any atom is -0.491 e. The van der Waals surface area contributed by atoms with Crippen LogP contribution in [0.3, 0.4) is 0 Å². The molecule has 2 aliphatic rings. The Morgan fingerprint density at radius 3 is 2.67 bits per heavy atom. The first-order valence-electron chi connectivity index (χ1n) is 9.59. The molecular formula is C21H28N2O4. The zero-order valence-electron chi connectivity index (χ0n) is 15.9. The van der Waals surface area contributed by atoms with Gasteiger partial charge in [-0.1, -0.05) is 43.5 Å². The Labute approximate surface area is 160 Å². The molecule has 6 nitrogen and oxygen atoms in total. The summed E-state index contributed by atoms with van der Waals surface area (Å²) in [5.41, 5.74) is 0.265. The number of carbonyl (C=O) groups excluding carboxylic acids is 2. The fourth-order valence-electron chi connectivity index (χ4n) is 4.11. The fraction of sp³-hybridized carbons (Fsp3) is 0.524. The highest BCUT2D eigenvalue weighted by Gasteiger charge is 2.55. The summed E-state index contributed by atoms with van der Waals surface area (Å²) in [7, 11) is 1.69. The van der Waals surface area contributed by atoms with Gasteiger partial charge in [0.05, 0.1) is 6.54 Å². The summed E-state index contributed by atoms with van der Waals surface area (Å²) in [6, 6.07) is 7.24. The van der Waals surface area contributed by atoms with Crippen molar-refractivity contribution >= 4 is 11.9 Å². The Balaban J connectivity index is 1.62. The number of rotatable bonds is 7. The first-order valence-corrected chi connectivity index (χ1v) is 9.59. The van der Waals surface area contributed by atoms with Gasteiger partial charge in [0, 0.05) is 7.05 Å². The predicted octanol–water partition coefficient (Wildman–Crippen LogP) is 2.75. The lowest BCUT2D eigenvalue weighted by Gasteiger charge is -2.35. The summed E-state index contributed by atoms with van der Waals surface area (Å²) in [6.07, 6.45) is 5.91. The van der Waals surface area contributed by atoms with E-state index in [0.29, 0.717) is 25.0 Å². The first-order chi connectivity index (χ1) is 13.0. The highest BCUT2D eigenvalue weighted by molar-refractivity contribution is 6.07. The summed E-state index contributed by atoms with van der Waals surface area (Å²) in [4.78, 5) is 28.3. The quantitative estimate of drug-likeness (QED) is 0.590. The van der Waals surface area contributed by atoms with E-state index >= 15 is 0 Å². The Kier molecular flexibility index (Phi) is 5.85. The van der Waals surface area contributed by atoms with Crippen LogP contribution in [-0.2, 0) is 11.2 Å². The van der Waals surface area contributed by atoms with E-state index in [-0.39, 0.29) is 25.1 Å². The van der Waals surface area contributed by atoms with Gasteiger partial charge in [0.2, 0.25) is 0 Å². The molecule has 1 N–H and O–H groups in total. The minimum atomic E-state index is -0.943. The van der Waals surface area contributed by atoms with Crippen LogP contribution >= 0.6 is 0 Å². The molecule has 146 valence electrons. The average molecular weight is 372 g/mol. The number of carbonyl (C=O) groups is 2. The summed E-state index contributed by atoms with van der Waals surface area (Å²) < 4.78 is 5.74. The van der Waals surface area contributed by atoms with Crippen molar-refractivity contribution in [2.75, 3.05) is 20.2 Å².